The van der Waals surface area contributed by atoms with Gasteiger partial charge < -0.3 is 15.5 Å². The highest BCUT2D eigenvalue weighted by Gasteiger charge is 2.30. The molecule has 0 aromatic carbocycles. The Morgan fingerprint density at radius 2 is 1.75 bits per heavy atom. The lowest BCUT2D eigenvalue weighted by Crippen LogP contribution is -2.36. The molecule has 24 heavy (non-hydrogen) atoms. The first kappa shape index (κ1) is 16.7. The number of nitrogens with zero attached hydrogens (tertiary/aromatic N) is 5. The molecule has 1 aromatic heterocycles. The monoisotopic (exact) mass is 334 g/mol. The van der Waals surface area contributed by atoms with Crippen molar-refractivity contribution >= 4 is 23.3 Å². The summed E-state index contributed by atoms with van der Waals surface area (Å²) >= 11 is 0. The van der Waals surface area contributed by atoms with Gasteiger partial charge in [0.25, 0.3) is 0 Å². The third-order valence-corrected chi connectivity index (χ3v) is 4.91. The summed E-state index contributed by atoms with van der Waals surface area (Å²) in [5.74, 6) is 1.47. The molecule has 2 aliphatic rings. The number of hydrogen-bond donors (Lipinski definition) is 1. The maximum absolute atomic E-state index is 11.5. The van der Waals surface area contributed by atoms with Crippen LogP contribution >= 0.6 is 0 Å². The largest absolute Gasteiger partial charge is 0.378 e. The summed E-state index contributed by atoms with van der Waals surface area (Å²) in [6, 6.07) is 0. The van der Waals surface area contributed by atoms with Gasteiger partial charge in [0.1, 0.15) is 0 Å². The van der Waals surface area contributed by atoms with Gasteiger partial charge in [-0.1, -0.05) is 19.8 Å². The lowest BCUT2D eigenvalue weighted by Gasteiger charge is -2.31. The molecule has 1 atom stereocenters. The molecule has 2 saturated heterocycles. The number of aromatic nitrogens is 2. The topological polar surface area (TPSA) is 101 Å². The molecule has 8 heteroatoms. The Morgan fingerprint density at radius 1 is 1.08 bits per heavy atom. The van der Waals surface area contributed by atoms with Crippen LogP contribution in [-0.4, -0.2) is 41.1 Å². The summed E-state index contributed by atoms with van der Waals surface area (Å²) in [4.78, 5) is 24.0. The Kier molecular flexibility index (Phi) is 5.01. The van der Waals surface area contributed by atoms with Crippen LogP contribution in [0.5, 0.6) is 0 Å². The van der Waals surface area contributed by atoms with Crippen LogP contribution in [0.3, 0.4) is 0 Å². The molecule has 0 aliphatic carbocycles. The number of piperidine rings is 1. The number of rotatable bonds is 3. The highest BCUT2D eigenvalue weighted by Crippen LogP contribution is 2.34. The fourth-order valence-corrected chi connectivity index (χ4v) is 3.64. The van der Waals surface area contributed by atoms with E-state index in [2.05, 4.69) is 21.8 Å². The van der Waals surface area contributed by atoms with E-state index in [1.165, 1.54) is 6.42 Å². The molecule has 0 spiro atoms. The molecule has 2 N–H and O–H groups in total. The van der Waals surface area contributed by atoms with Crippen molar-refractivity contribution < 1.29 is 4.92 Å². The van der Waals surface area contributed by atoms with E-state index in [1.807, 2.05) is 4.90 Å². The lowest BCUT2D eigenvalue weighted by molar-refractivity contribution is -0.383. The van der Waals surface area contributed by atoms with Crippen LogP contribution in [0, 0.1) is 16.0 Å². The fraction of sp³-hybridized carbons (Fsp3) is 0.750. The number of nitrogen functional groups attached to an aromatic ring is 1. The Balaban J connectivity index is 1.98. The van der Waals surface area contributed by atoms with Gasteiger partial charge in [0, 0.05) is 26.2 Å². The average molecular weight is 334 g/mol. The van der Waals surface area contributed by atoms with Crippen molar-refractivity contribution in [3.8, 4) is 0 Å². The molecule has 3 heterocycles. The van der Waals surface area contributed by atoms with Gasteiger partial charge in [0.05, 0.1) is 4.92 Å². The van der Waals surface area contributed by atoms with Gasteiger partial charge in [-0.15, -0.1) is 0 Å². The van der Waals surface area contributed by atoms with Crippen molar-refractivity contribution in [2.45, 2.75) is 45.4 Å². The van der Waals surface area contributed by atoms with Crippen molar-refractivity contribution in [3.05, 3.63) is 10.1 Å². The normalized spacial score (nSPS) is 22.3. The first-order chi connectivity index (χ1) is 11.6. The van der Waals surface area contributed by atoms with Gasteiger partial charge in [-0.25, -0.2) is 0 Å². The zero-order valence-corrected chi connectivity index (χ0v) is 14.3. The molecule has 0 radical (unpaired) electrons. The standard InChI is InChI=1S/C16H26N6O2/c1-12-7-6-10-21(11-12)16-18-14(17)13(22(23)24)15(19-16)20-8-4-2-3-5-9-20/h12H,2-11H2,1H3,(H2,17,18,19)/t12-/m1/s1. The van der Waals surface area contributed by atoms with Crippen LogP contribution in [0.4, 0.5) is 23.3 Å². The smallest absolute Gasteiger partial charge is 0.353 e. The van der Waals surface area contributed by atoms with Crippen LogP contribution in [0.15, 0.2) is 0 Å². The SMILES string of the molecule is C[C@@H]1CCCN(c2nc(N)c([N+](=O)[O-])c(N3CCCCCC3)n2)C1. The second kappa shape index (κ2) is 7.19. The van der Waals surface area contributed by atoms with Gasteiger partial charge in [-0.2, -0.15) is 9.97 Å². The molecule has 3 rings (SSSR count). The van der Waals surface area contributed by atoms with Crippen molar-refractivity contribution in [1.29, 1.82) is 0 Å². The third kappa shape index (κ3) is 3.52. The van der Waals surface area contributed by atoms with Crippen LogP contribution in [-0.2, 0) is 0 Å². The van der Waals surface area contributed by atoms with Gasteiger partial charge >= 0.3 is 5.69 Å². The summed E-state index contributed by atoms with van der Waals surface area (Å²) in [6.45, 7) is 5.52. The maximum atomic E-state index is 11.5. The quantitative estimate of drug-likeness (QED) is 0.669. The minimum Gasteiger partial charge on any atom is -0.378 e. The zero-order valence-electron chi connectivity index (χ0n) is 14.3. The molecule has 2 aliphatic heterocycles. The van der Waals surface area contributed by atoms with E-state index in [1.54, 1.807) is 0 Å². The van der Waals surface area contributed by atoms with E-state index in [0.29, 0.717) is 17.7 Å². The molecule has 0 amide bonds. The molecule has 1 aromatic rings. The fourth-order valence-electron chi connectivity index (χ4n) is 3.64. The van der Waals surface area contributed by atoms with Gasteiger partial charge in [-0.3, -0.25) is 10.1 Å². The van der Waals surface area contributed by atoms with E-state index < -0.39 is 4.92 Å². The van der Waals surface area contributed by atoms with Crippen molar-refractivity contribution in [2.75, 3.05) is 41.7 Å². The Labute approximate surface area is 142 Å². The molecular weight excluding hydrogens is 308 g/mol. The van der Waals surface area contributed by atoms with Gasteiger partial charge in [0.15, 0.2) is 0 Å². The molecule has 132 valence electrons. The number of nitro groups is 1. The molecular formula is C16H26N6O2. The number of hydrogen-bond acceptors (Lipinski definition) is 7. The molecule has 0 unspecified atom stereocenters. The summed E-state index contributed by atoms with van der Waals surface area (Å²) in [5, 5.41) is 11.5. The van der Waals surface area contributed by atoms with Crippen molar-refractivity contribution in [2.24, 2.45) is 5.92 Å². The summed E-state index contributed by atoms with van der Waals surface area (Å²) in [7, 11) is 0. The summed E-state index contributed by atoms with van der Waals surface area (Å²) in [6.07, 6.45) is 6.63. The average Bonchev–Trinajstić information content (AvgIpc) is 2.83. The summed E-state index contributed by atoms with van der Waals surface area (Å²) < 4.78 is 0. The molecule has 2 fully saturated rings. The van der Waals surface area contributed by atoms with E-state index >= 15 is 0 Å². The minimum absolute atomic E-state index is 0.0255. The number of nitrogens with two attached hydrogens (primary N) is 1. The van der Waals surface area contributed by atoms with Crippen molar-refractivity contribution in [3.63, 3.8) is 0 Å². The third-order valence-electron chi connectivity index (χ3n) is 4.91. The first-order valence-corrected chi connectivity index (χ1v) is 8.88. The van der Waals surface area contributed by atoms with Crippen LogP contribution < -0.4 is 15.5 Å². The van der Waals surface area contributed by atoms with Gasteiger partial charge in [0.2, 0.25) is 17.6 Å². The predicted octanol–water partition coefficient (Wildman–Crippen LogP) is 2.58. The lowest BCUT2D eigenvalue weighted by atomic mass is 10.0. The van der Waals surface area contributed by atoms with Crippen LogP contribution in [0.25, 0.3) is 0 Å². The summed E-state index contributed by atoms with van der Waals surface area (Å²) in [5.41, 5.74) is 5.82. The molecule has 0 bridgehead atoms. The van der Waals surface area contributed by atoms with Crippen molar-refractivity contribution in [1.82, 2.24) is 9.97 Å². The highest BCUT2D eigenvalue weighted by atomic mass is 16.6. The number of anilines is 3. The highest BCUT2D eigenvalue weighted by molar-refractivity contribution is 5.71. The van der Waals surface area contributed by atoms with Crippen LogP contribution in [0.2, 0.25) is 0 Å². The molecule has 0 saturated carbocycles. The maximum Gasteiger partial charge on any atom is 0.353 e. The first-order valence-electron chi connectivity index (χ1n) is 8.88. The Bertz CT molecular complexity index is 600. The predicted molar refractivity (Wildman–Crippen MR) is 94.4 cm³/mol. The van der Waals surface area contributed by atoms with E-state index in [0.717, 1.165) is 58.3 Å². The second-order valence-corrected chi connectivity index (χ2v) is 6.93. The Hall–Kier alpha value is -2.12. The van der Waals surface area contributed by atoms with E-state index in [4.69, 9.17) is 5.73 Å². The second-order valence-electron chi connectivity index (χ2n) is 6.93. The van der Waals surface area contributed by atoms with E-state index in [9.17, 15) is 10.1 Å². The molecule has 8 nitrogen and oxygen atoms in total. The van der Waals surface area contributed by atoms with E-state index in [-0.39, 0.29) is 11.5 Å². The van der Waals surface area contributed by atoms with Crippen LogP contribution in [0.1, 0.15) is 45.4 Å². The minimum atomic E-state index is -0.446. The Morgan fingerprint density at radius 3 is 2.38 bits per heavy atom. The zero-order chi connectivity index (χ0) is 17.1. The van der Waals surface area contributed by atoms with Gasteiger partial charge in [-0.05, 0) is 31.6 Å².